The molecule has 0 aliphatic heterocycles. The van der Waals surface area contributed by atoms with Gasteiger partial charge in [0.15, 0.2) is 0 Å². The summed E-state index contributed by atoms with van der Waals surface area (Å²) in [6, 6.07) is 0.522. The van der Waals surface area contributed by atoms with Gasteiger partial charge in [0.25, 0.3) is 0 Å². The Bertz CT molecular complexity index is 115. The average Bonchev–Trinajstić information content (AvgIpc) is 1.99. The molecule has 1 atom stereocenters. The van der Waals surface area contributed by atoms with Crippen molar-refractivity contribution in [3.63, 3.8) is 0 Å². The molecule has 0 bridgehead atoms. The maximum absolute atomic E-state index is 5.47. The summed E-state index contributed by atoms with van der Waals surface area (Å²) in [6.07, 6.45) is 6.34. The second kappa shape index (κ2) is 5.51. The molecule has 1 aliphatic rings. The van der Waals surface area contributed by atoms with Gasteiger partial charge >= 0.3 is 0 Å². The van der Waals surface area contributed by atoms with Crippen molar-refractivity contribution in [1.82, 2.24) is 5.43 Å². The third-order valence-corrected chi connectivity index (χ3v) is 2.80. The number of nitrogens with two attached hydrogens (primary N) is 1. The van der Waals surface area contributed by atoms with E-state index < -0.39 is 0 Å². The van der Waals surface area contributed by atoms with Crippen LogP contribution in [0.3, 0.4) is 0 Å². The van der Waals surface area contributed by atoms with Crippen LogP contribution in [0.4, 0.5) is 0 Å². The molecule has 12 heavy (non-hydrogen) atoms. The van der Waals surface area contributed by atoms with Crippen molar-refractivity contribution in [2.24, 2.45) is 11.8 Å². The second-order valence-electron chi connectivity index (χ2n) is 3.60. The number of ether oxygens (including phenoxy) is 1. The summed E-state index contributed by atoms with van der Waals surface area (Å²) in [4.78, 5) is 0. The first-order chi connectivity index (χ1) is 5.88. The van der Waals surface area contributed by atoms with E-state index in [-0.39, 0.29) is 0 Å². The van der Waals surface area contributed by atoms with Crippen molar-refractivity contribution in [1.29, 1.82) is 0 Å². The summed E-state index contributed by atoms with van der Waals surface area (Å²) >= 11 is 0. The van der Waals surface area contributed by atoms with E-state index in [2.05, 4.69) is 5.43 Å². The van der Waals surface area contributed by atoms with Crippen molar-refractivity contribution in [3.05, 3.63) is 0 Å². The highest BCUT2D eigenvalue weighted by Gasteiger charge is 2.25. The maximum Gasteiger partial charge on any atom is 0.0462 e. The zero-order valence-corrected chi connectivity index (χ0v) is 7.88. The lowest BCUT2D eigenvalue weighted by molar-refractivity contribution is 0.169. The first-order valence-corrected chi connectivity index (χ1v) is 4.83. The molecule has 3 N–H and O–H groups in total. The maximum atomic E-state index is 5.47. The lowest BCUT2D eigenvalue weighted by Crippen LogP contribution is -2.43. The standard InChI is InChI=1S/C9H20N2O/c1-12-7-3-6-9(11-10)8-4-2-5-8/h8-9,11H,2-7,10H2,1H3. The molecule has 1 aliphatic carbocycles. The third kappa shape index (κ3) is 2.73. The van der Waals surface area contributed by atoms with E-state index >= 15 is 0 Å². The van der Waals surface area contributed by atoms with Crippen molar-refractivity contribution >= 4 is 0 Å². The largest absolute Gasteiger partial charge is 0.385 e. The summed E-state index contributed by atoms with van der Waals surface area (Å²) in [6.45, 7) is 0.852. The summed E-state index contributed by atoms with van der Waals surface area (Å²) < 4.78 is 5.00. The quantitative estimate of drug-likeness (QED) is 0.357. The van der Waals surface area contributed by atoms with Gasteiger partial charge in [-0.2, -0.15) is 0 Å². The molecule has 1 unspecified atom stereocenters. The fourth-order valence-corrected chi connectivity index (χ4v) is 1.74. The zero-order valence-electron chi connectivity index (χ0n) is 7.88. The molecule has 0 heterocycles. The molecule has 0 saturated heterocycles. The highest BCUT2D eigenvalue weighted by molar-refractivity contribution is 4.80. The smallest absolute Gasteiger partial charge is 0.0462 e. The van der Waals surface area contributed by atoms with Gasteiger partial charge in [-0.1, -0.05) is 6.42 Å². The summed E-state index contributed by atoms with van der Waals surface area (Å²) in [5, 5.41) is 0. The Morgan fingerprint density at radius 3 is 2.75 bits per heavy atom. The number of hydrogen-bond donors (Lipinski definition) is 2. The van der Waals surface area contributed by atoms with Crippen molar-refractivity contribution in [2.75, 3.05) is 13.7 Å². The number of nitrogens with one attached hydrogen (secondary N) is 1. The van der Waals surface area contributed by atoms with Crippen LogP contribution in [0.1, 0.15) is 32.1 Å². The van der Waals surface area contributed by atoms with Gasteiger partial charge in [-0.15, -0.1) is 0 Å². The third-order valence-electron chi connectivity index (χ3n) is 2.80. The van der Waals surface area contributed by atoms with E-state index in [1.807, 2.05) is 0 Å². The first kappa shape index (κ1) is 9.96. The molecule has 1 saturated carbocycles. The minimum absolute atomic E-state index is 0.522. The van der Waals surface area contributed by atoms with Crippen LogP contribution >= 0.6 is 0 Å². The van der Waals surface area contributed by atoms with E-state index in [9.17, 15) is 0 Å². The normalized spacial score (nSPS) is 20.5. The fourth-order valence-electron chi connectivity index (χ4n) is 1.74. The number of methoxy groups -OCH3 is 1. The van der Waals surface area contributed by atoms with Gasteiger partial charge in [-0.3, -0.25) is 11.3 Å². The van der Waals surface area contributed by atoms with Gasteiger partial charge in [0, 0.05) is 19.8 Å². The highest BCUT2D eigenvalue weighted by Crippen LogP contribution is 2.30. The molecular weight excluding hydrogens is 152 g/mol. The van der Waals surface area contributed by atoms with Gasteiger partial charge in [0.1, 0.15) is 0 Å². The molecular formula is C9H20N2O. The molecule has 72 valence electrons. The number of hydrogen-bond acceptors (Lipinski definition) is 3. The molecule has 0 aromatic rings. The Hall–Kier alpha value is -0.120. The van der Waals surface area contributed by atoms with Crippen LogP contribution in [-0.4, -0.2) is 19.8 Å². The fraction of sp³-hybridized carbons (Fsp3) is 1.00. The minimum Gasteiger partial charge on any atom is -0.385 e. The first-order valence-electron chi connectivity index (χ1n) is 4.83. The summed E-state index contributed by atoms with van der Waals surface area (Å²) in [5.74, 6) is 6.30. The lowest BCUT2D eigenvalue weighted by Gasteiger charge is -2.33. The van der Waals surface area contributed by atoms with Crippen LogP contribution in [0.5, 0.6) is 0 Å². The Balaban J connectivity index is 2.07. The Morgan fingerprint density at radius 2 is 2.33 bits per heavy atom. The van der Waals surface area contributed by atoms with Gasteiger partial charge < -0.3 is 4.74 Å². The molecule has 0 aromatic carbocycles. The Morgan fingerprint density at radius 1 is 1.58 bits per heavy atom. The van der Waals surface area contributed by atoms with E-state index in [1.54, 1.807) is 7.11 Å². The van der Waals surface area contributed by atoms with Gasteiger partial charge in [0.2, 0.25) is 0 Å². The van der Waals surface area contributed by atoms with Gasteiger partial charge in [-0.25, -0.2) is 0 Å². The topological polar surface area (TPSA) is 47.3 Å². The second-order valence-corrected chi connectivity index (χ2v) is 3.60. The van der Waals surface area contributed by atoms with Gasteiger partial charge in [-0.05, 0) is 31.6 Å². The molecule has 1 rings (SSSR count). The van der Waals surface area contributed by atoms with Crippen molar-refractivity contribution in [2.45, 2.75) is 38.1 Å². The van der Waals surface area contributed by atoms with Crippen LogP contribution in [0.15, 0.2) is 0 Å². The predicted molar refractivity (Wildman–Crippen MR) is 49.6 cm³/mol. The predicted octanol–water partition coefficient (Wildman–Crippen LogP) is 1.04. The van der Waals surface area contributed by atoms with Crippen molar-refractivity contribution < 1.29 is 4.74 Å². The van der Waals surface area contributed by atoms with E-state index in [4.69, 9.17) is 10.6 Å². The molecule has 0 radical (unpaired) electrons. The SMILES string of the molecule is COCCCC(NN)C1CCC1. The number of hydrazine groups is 1. The molecule has 0 aromatic heterocycles. The van der Waals surface area contributed by atoms with Crippen molar-refractivity contribution in [3.8, 4) is 0 Å². The Labute approximate surface area is 74.6 Å². The highest BCUT2D eigenvalue weighted by atomic mass is 16.5. The molecule has 0 spiro atoms. The van der Waals surface area contributed by atoms with Crippen LogP contribution in [0.2, 0.25) is 0 Å². The van der Waals surface area contributed by atoms with Crippen LogP contribution in [0, 0.1) is 5.92 Å². The average molecular weight is 172 g/mol. The zero-order chi connectivity index (χ0) is 8.81. The Kier molecular flexibility index (Phi) is 4.58. The lowest BCUT2D eigenvalue weighted by atomic mass is 9.78. The van der Waals surface area contributed by atoms with E-state index in [0.717, 1.165) is 25.4 Å². The molecule has 0 amide bonds. The van der Waals surface area contributed by atoms with Gasteiger partial charge in [0.05, 0.1) is 0 Å². The molecule has 3 heteroatoms. The number of rotatable bonds is 6. The summed E-state index contributed by atoms with van der Waals surface area (Å²) in [5.41, 5.74) is 2.91. The van der Waals surface area contributed by atoms with E-state index in [0.29, 0.717) is 6.04 Å². The monoisotopic (exact) mass is 172 g/mol. The molecule has 1 fully saturated rings. The van der Waals surface area contributed by atoms with E-state index in [1.165, 1.54) is 19.3 Å². The van der Waals surface area contributed by atoms with Crippen LogP contribution < -0.4 is 11.3 Å². The van der Waals surface area contributed by atoms with Crippen LogP contribution in [-0.2, 0) is 4.74 Å². The molecule has 3 nitrogen and oxygen atoms in total. The minimum atomic E-state index is 0.522. The summed E-state index contributed by atoms with van der Waals surface area (Å²) in [7, 11) is 1.74. The van der Waals surface area contributed by atoms with Crippen LogP contribution in [0.25, 0.3) is 0 Å².